The van der Waals surface area contributed by atoms with Crippen molar-refractivity contribution < 1.29 is 9.85 Å². The van der Waals surface area contributed by atoms with Crippen LogP contribution in [0, 0.1) is 41.0 Å². The van der Waals surface area contributed by atoms with Crippen LogP contribution in [-0.4, -0.2) is 9.85 Å². The van der Waals surface area contributed by atoms with Crippen LogP contribution in [0.5, 0.6) is 0 Å². The van der Waals surface area contributed by atoms with Crippen molar-refractivity contribution in [1.82, 2.24) is 0 Å². The second-order valence-corrected chi connectivity index (χ2v) is 5.24. The fourth-order valence-electron chi connectivity index (χ4n) is 2.14. The van der Waals surface area contributed by atoms with Gasteiger partial charge in [0.25, 0.3) is 11.4 Å². The van der Waals surface area contributed by atoms with Crippen molar-refractivity contribution in [3.05, 3.63) is 85.0 Å². The Kier molecular flexibility index (Phi) is 6.79. The molecule has 0 bridgehead atoms. The highest BCUT2D eigenvalue weighted by Crippen LogP contribution is 2.23. The van der Waals surface area contributed by atoms with E-state index in [0.717, 1.165) is 16.7 Å². The quantitative estimate of drug-likeness (QED) is 0.576. The van der Waals surface area contributed by atoms with Gasteiger partial charge in [-0.05, 0) is 38.8 Å². The van der Waals surface area contributed by atoms with Crippen LogP contribution >= 0.6 is 0 Å². The second kappa shape index (κ2) is 8.57. The first kappa shape index (κ1) is 19.0. The molecule has 24 heavy (non-hydrogen) atoms. The Morgan fingerprint density at radius 2 is 1.33 bits per heavy atom. The molecule has 0 unspecified atom stereocenters. The van der Waals surface area contributed by atoms with Crippen molar-refractivity contribution in [2.45, 2.75) is 27.7 Å². The molecule has 0 fully saturated rings. The summed E-state index contributed by atoms with van der Waals surface area (Å²) in [5.74, 6) is 0. The minimum atomic E-state index is -0.359. The fraction of sp³-hybridized carbons (Fsp3) is 0.222. The molecule has 0 aliphatic carbocycles. The lowest BCUT2D eigenvalue weighted by molar-refractivity contribution is -0.385. The molecule has 2 aromatic carbocycles. The molecule has 0 aliphatic rings. The Morgan fingerprint density at radius 3 is 1.79 bits per heavy atom. The topological polar surface area (TPSA) is 86.3 Å². The SMILES string of the molecule is C/C=C/c1c(C)cccc1[N+](=O)[O-].Cc1cccc([N+](=O)[O-])c1C. The summed E-state index contributed by atoms with van der Waals surface area (Å²) < 4.78 is 0. The van der Waals surface area contributed by atoms with E-state index in [-0.39, 0.29) is 21.2 Å². The van der Waals surface area contributed by atoms with Crippen molar-refractivity contribution in [2.24, 2.45) is 0 Å². The molecule has 0 radical (unpaired) electrons. The molecule has 0 saturated heterocycles. The van der Waals surface area contributed by atoms with E-state index >= 15 is 0 Å². The van der Waals surface area contributed by atoms with E-state index in [2.05, 4.69) is 0 Å². The van der Waals surface area contributed by atoms with Gasteiger partial charge in [-0.3, -0.25) is 20.2 Å². The Morgan fingerprint density at radius 1 is 0.833 bits per heavy atom. The number of nitro groups is 2. The molecule has 6 heteroatoms. The van der Waals surface area contributed by atoms with Crippen LogP contribution in [0.1, 0.15) is 29.2 Å². The van der Waals surface area contributed by atoms with E-state index in [0.29, 0.717) is 5.56 Å². The van der Waals surface area contributed by atoms with Gasteiger partial charge in [0.2, 0.25) is 0 Å². The van der Waals surface area contributed by atoms with Crippen LogP contribution in [0.4, 0.5) is 11.4 Å². The predicted octanol–water partition coefficient (Wildman–Crippen LogP) is 5.15. The standard InChI is InChI=1S/C10H11NO2.C8H9NO2/c1-3-5-9-8(2)6-4-7-10(9)11(12)13;1-6-4-3-5-8(7(6)2)9(10)11/h3-7H,1-2H3;3-5H,1-2H3/b5-3+;. The van der Waals surface area contributed by atoms with Gasteiger partial charge in [0.15, 0.2) is 0 Å². The highest BCUT2D eigenvalue weighted by Gasteiger charge is 2.12. The van der Waals surface area contributed by atoms with E-state index in [1.807, 2.05) is 32.9 Å². The summed E-state index contributed by atoms with van der Waals surface area (Å²) in [5, 5.41) is 21.0. The molecule has 0 spiro atoms. The summed E-state index contributed by atoms with van der Waals surface area (Å²) in [5.41, 5.74) is 3.68. The van der Waals surface area contributed by atoms with Gasteiger partial charge in [-0.2, -0.15) is 0 Å². The first-order chi connectivity index (χ1) is 11.3. The summed E-state index contributed by atoms with van der Waals surface area (Å²) in [4.78, 5) is 20.3. The summed E-state index contributed by atoms with van der Waals surface area (Å²) in [6, 6.07) is 10.1. The number of hydrogen-bond acceptors (Lipinski definition) is 4. The normalized spacial score (nSPS) is 10.2. The zero-order valence-corrected chi connectivity index (χ0v) is 14.1. The van der Waals surface area contributed by atoms with E-state index in [9.17, 15) is 20.2 Å². The molecule has 0 aromatic heterocycles. The lowest BCUT2D eigenvalue weighted by Gasteiger charge is -2.00. The number of aryl methyl sites for hydroxylation is 2. The van der Waals surface area contributed by atoms with Crippen LogP contribution in [0.3, 0.4) is 0 Å². The molecule has 0 N–H and O–H groups in total. The third-order valence-electron chi connectivity index (χ3n) is 3.60. The van der Waals surface area contributed by atoms with Crippen molar-refractivity contribution in [3.8, 4) is 0 Å². The first-order valence-corrected chi connectivity index (χ1v) is 7.36. The van der Waals surface area contributed by atoms with Crippen molar-refractivity contribution in [2.75, 3.05) is 0 Å². The van der Waals surface area contributed by atoms with Crippen LogP contribution in [0.15, 0.2) is 42.5 Å². The van der Waals surface area contributed by atoms with E-state index in [1.54, 1.807) is 31.2 Å². The number of nitrogens with zero attached hydrogens (tertiary/aromatic N) is 2. The van der Waals surface area contributed by atoms with Crippen LogP contribution in [-0.2, 0) is 0 Å². The lowest BCUT2D eigenvalue weighted by Crippen LogP contribution is -1.93. The van der Waals surface area contributed by atoms with Crippen molar-refractivity contribution in [3.63, 3.8) is 0 Å². The first-order valence-electron chi connectivity index (χ1n) is 7.36. The summed E-state index contributed by atoms with van der Waals surface area (Å²) >= 11 is 0. The van der Waals surface area contributed by atoms with Gasteiger partial charge in [0, 0.05) is 17.7 Å². The molecular weight excluding hydrogens is 308 g/mol. The maximum Gasteiger partial charge on any atom is 0.276 e. The highest BCUT2D eigenvalue weighted by molar-refractivity contribution is 5.64. The zero-order valence-electron chi connectivity index (χ0n) is 14.1. The van der Waals surface area contributed by atoms with Crippen LogP contribution in [0.25, 0.3) is 6.08 Å². The summed E-state index contributed by atoms with van der Waals surface area (Å²) in [7, 11) is 0. The smallest absolute Gasteiger partial charge is 0.258 e. The molecule has 2 rings (SSSR count). The number of hydrogen-bond donors (Lipinski definition) is 0. The van der Waals surface area contributed by atoms with Crippen LogP contribution in [0.2, 0.25) is 0 Å². The monoisotopic (exact) mass is 328 g/mol. The number of nitro benzene ring substituents is 2. The number of allylic oxidation sites excluding steroid dienone is 1. The molecule has 0 heterocycles. The number of benzene rings is 2. The maximum absolute atomic E-state index is 10.6. The van der Waals surface area contributed by atoms with E-state index in [1.165, 1.54) is 12.1 Å². The van der Waals surface area contributed by atoms with E-state index < -0.39 is 0 Å². The van der Waals surface area contributed by atoms with Crippen molar-refractivity contribution in [1.29, 1.82) is 0 Å². The molecule has 0 atom stereocenters. The molecule has 0 aliphatic heterocycles. The van der Waals surface area contributed by atoms with Gasteiger partial charge in [-0.15, -0.1) is 0 Å². The molecule has 126 valence electrons. The van der Waals surface area contributed by atoms with Gasteiger partial charge in [0.05, 0.1) is 15.4 Å². The summed E-state index contributed by atoms with van der Waals surface area (Å²) in [6.45, 7) is 7.33. The minimum Gasteiger partial charge on any atom is -0.258 e. The van der Waals surface area contributed by atoms with E-state index in [4.69, 9.17) is 0 Å². The van der Waals surface area contributed by atoms with Gasteiger partial charge in [0.1, 0.15) is 0 Å². The van der Waals surface area contributed by atoms with Gasteiger partial charge in [-0.1, -0.05) is 36.4 Å². The molecule has 6 nitrogen and oxygen atoms in total. The van der Waals surface area contributed by atoms with Gasteiger partial charge < -0.3 is 0 Å². The Balaban J connectivity index is 0.000000243. The molecular formula is C18H20N2O4. The predicted molar refractivity (Wildman–Crippen MR) is 95.1 cm³/mol. The zero-order chi connectivity index (χ0) is 18.3. The fourth-order valence-corrected chi connectivity index (χ4v) is 2.14. The Labute approximate surface area is 140 Å². The lowest BCUT2D eigenvalue weighted by atomic mass is 10.1. The number of rotatable bonds is 3. The molecule has 0 amide bonds. The Hall–Kier alpha value is -3.02. The molecule has 0 saturated carbocycles. The maximum atomic E-state index is 10.6. The third-order valence-corrected chi connectivity index (χ3v) is 3.60. The van der Waals surface area contributed by atoms with Gasteiger partial charge >= 0.3 is 0 Å². The minimum absolute atomic E-state index is 0.165. The van der Waals surface area contributed by atoms with Gasteiger partial charge in [-0.25, -0.2) is 0 Å². The summed E-state index contributed by atoms with van der Waals surface area (Å²) in [6.07, 6.45) is 3.56. The second-order valence-electron chi connectivity index (χ2n) is 5.24. The highest BCUT2D eigenvalue weighted by atomic mass is 16.6. The average molecular weight is 328 g/mol. The molecule has 2 aromatic rings. The third kappa shape index (κ3) is 4.74. The Bertz CT molecular complexity index is 783. The van der Waals surface area contributed by atoms with Crippen LogP contribution < -0.4 is 0 Å². The largest absolute Gasteiger partial charge is 0.276 e. The average Bonchev–Trinajstić information content (AvgIpc) is 2.52. The van der Waals surface area contributed by atoms with Crippen molar-refractivity contribution >= 4 is 17.5 Å².